The SMILES string of the molecule is Cc1cccc2c(C)n(CCCN)nc12. The maximum absolute atomic E-state index is 5.51. The summed E-state index contributed by atoms with van der Waals surface area (Å²) in [5, 5.41) is 5.87. The van der Waals surface area contributed by atoms with Gasteiger partial charge >= 0.3 is 0 Å². The van der Waals surface area contributed by atoms with Crippen molar-refractivity contribution in [3.05, 3.63) is 29.5 Å². The van der Waals surface area contributed by atoms with E-state index in [9.17, 15) is 0 Å². The van der Waals surface area contributed by atoms with Crippen molar-refractivity contribution in [3.8, 4) is 0 Å². The highest BCUT2D eigenvalue weighted by Gasteiger charge is 2.07. The second-order valence-electron chi connectivity index (χ2n) is 3.92. The molecular formula is C12H17N3. The first-order valence-corrected chi connectivity index (χ1v) is 5.37. The Labute approximate surface area is 89.9 Å². The molecule has 0 amide bonds. The van der Waals surface area contributed by atoms with Crippen LogP contribution in [0.4, 0.5) is 0 Å². The van der Waals surface area contributed by atoms with Crippen LogP contribution in [0.2, 0.25) is 0 Å². The number of fused-ring (bicyclic) bond motifs is 1. The number of nitrogens with two attached hydrogens (primary N) is 1. The van der Waals surface area contributed by atoms with Crippen LogP contribution in [0, 0.1) is 13.8 Å². The van der Waals surface area contributed by atoms with E-state index in [1.54, 1.807) is 0 Å². The smallest absolute Gasteiger partial charge is 0.0955 e. The van der Waals surface area contributed by atoms with E-state index >= 15 is 0 Å². The molecule has 0 aliphatic rings. The summed E-state index contributed by atoms with van der Waals surface area (Å²) in [6, 6.07) is 6.31. The van der Waals surface area contributed by atoms with Crippen LogP contribution in [0.3, 0.4) is 0 Å². The summed E-state index contributed by atoms with van der Waals surface area (Å²) in [4.78, 5) is 0. The number of aryl methyl sites for hydroxylation is 3. The van der Waals surface area contributed by atoms with E-state index in [0.29, 0.717) is 6.54 Å². The third kappa shape index (κ3) is 1.75. The van der Waals surface area contributed by atoms with Gasteiger partial charge in [0.2, 0.25) is 0 Å². The van der Waals surface area contributed by atoms with Gasteiger partial charge in [-0.3, -0.25) is 4.68 Å². The van der Waals surface area contributed by atoms with E-state index < -0.39 is 0 Å². The molecule has 3 nitrogen and oxygen atoms in total. The molecule has 15 heavy (non-hydrogen) atoms. The molecule has 0 bridgehead atoms. The molecular weight excluding hydrogens is 186 g/mol. The zero-order chi connectivity index (χ0) is 10.8. The number of aromatic nitrogens is 2. The minimum atomic E-state index is 0.717. The van der Waals surface area contributed by atoms with Crippen molar-refractivity contribution in [2.75, 3.05) is 6.54 Å². The molecule has 0 spiro atoms. The van der Waals surface area contributed by atoms with Crippen molar-refractivity contribution >= 4 is 10.9 Å². The Hall–Kier alpha value is -1.35. The summed E-state index contributed by atoms with van der Waals surface area (Å²) >= 11 is 0. The van der Waals surface area contributed by atoms with Crippen LogP contribution in [0.5, 0.6) is 0 Å². The van der Waals surface area contributed by atoms with Gasteiger partial charge in [-0.2, -0.15) is 5.10 Å². The Morgan fingerprint density at radius 2 is 2.13 bits per heavy atom. The maximum Gasteiger partial charge on any atom is 0.0955 e. The fourth-order valence-corrected chi connectivity index (χ4v) is 1.88. The average Bonchev–Trinajstić information content (AvgIpc) is 2.55. The van der Waals surface area contributed by atoms with Crippen LogP contribution in [0.25, 0.3) is 10.9 Å². The monoisotopic (exact) mass is 203 g/mol. The van der Waals surface area contributed by atoms with Crippen molar-refractivity contribution in [3.63, 3.8) is 0 Å². The number of rotatable bonds is 3. The summed E-state index contributed by atoms with van der Waals surface area (Å²) < 4.78 is 2.06. The van der Waals surface area contributed by atoms with Crippen LogP contribution in [0.15, 0.2) is 18.2 Å². The van der Waals surface area contributed by atoms with Crippen molar-refractivity contribution in [1.82, 2.24) is 9.78 Å². The van der Waals surface area contributed by atoms with Gasteiger partial charge in [0.25, 0.3) is 0 Å². The minimum absolute atomic E-state index is 0.717. The van der Waals surface area contributed by atoms with Crippen molar-refractivity contribution < 1.29 is 0 Å². The zero-order valence-corrected chi connectivity index (χ0v) is 9.33. The molecule has 0 saturated carbocycles. The van der Waals surface area contributed by atoms with E-state index in [1.165, 1.54) is 16.6 Å². The summed E-state index contributed by atoms with van der Waals surface area (Å²) in [5.74, 6) is 0. The highest BCUT2D eigenvalue weighted by Crippen LogP contribution is 2.20. The van der Waals surface area contributed by atoms with Gasteiger partial charge in [0.1, 0.15) is 0 Å². The molecule has 0 aliphatic carbocycles. The van der Waals surface area contributed by atoms with Crippen LogP contribution in [-0.2, 0) is 6.54 Å². The second kappa shape index (κ2) is 4.03. The van der Waals surface area contributed by atoms with Gasteiger partial charge in [-0.05, 0) is 32.4 Å². The summed E-state index contributed by atoms with van der Waals surface area (Å²) in [6.07, 6.45) is 0.980. The fraction of sp³-hybridized carbons (Fsp3) is 0.417. The Morgan fingerprint density at radius 3 is 2.80 bits per heavy atom. The Balaban J connectivity index is 2.49. The molecule has 0 radical (unpaired) electrons. The number of benzene rings is 1. The third-order valence-electron chi connectivity index (χ3n) is 2.81. The normalized spacial score (nSPS) is 11.1. The minimum Gasteiger partial charge on any atom is -0.330 e. The summed E-state index contributed by atoms with van der Waals surface area (Å²) in [6.45, 7) is 5.85. The van der Waals surface area contributed by atoms with Gasteiger partial charge in [-0.1, -0.05) is 18.2 Å². The van der Waals surface area contributed by atoms with Gasteiger partial charge in [0, 0.05) is 17.6 Å². The van der Waals surface area contributed by atoms with Crippen LogP contribution in [-0.4, -0.2) is 16.3 Å². The van der Waals surface area contributed by atoms with E-state index in [-0.39, 0.29) is 0 Å². The van der Waals surface area contributed by atoms with Gasteiger partial charge in [-0.25, -0.2) is 0 Å². The topological polar surface area (TPSA) is 43.8 Å². The lowest BCUT2D eigenvalue weighted by Crippen LogP contribution is -2.08. The van der Waals surface area contributed by atoms with Crippen molar-refractivity contribution in [1.29, 1.82) is 0 Å². The lowest BCUT2D eigenvalue weighted by molar-refractivity contribution is 0.576. The highest BCUT2D eigenvalue weighted by molar-refractivity contribution is 5.84. The largest absolute Gasteiger partial charge is 0.330 e. The predicted molar refractivity (Wildman–Crippen MR) is 62.9 cm³/mol. The Morgan fingerprint density at radius 1 is 1.33 bits per heavy atom. The highest BCUT2D eigenvalue weighted by atomic mass is 15.3. The number of hydrogen-bond acceptors (Lipinski definition) is 2. The summed E-state index contributed by atoms with van der Waals surface area (Å²) in [7, 11) is 0. The molecule has 2 aromatic rings. The molecule has 2 rings (SSSR count). The molecule has 3 heteroatoms. The molecule has 1 aromatic heterocycles. The predicted octanol–water partition coefficient (Wildman–Crippen LogP) is 2.00. The van der Waals surface area contributed by atoms with Crippen LogP contribution >= 0.6 is 0 Å². The molecule has 1 aromatic carbocycles. The molecule has 2 N–H and O–H groups in total. The average molecular weight is 203 g/mol. The van der Waals surface area contributed by atoms with Gasteiger partial charge in [0.15, 0.2) is 0 Å². The zero-order valence-electron chi connectivity index (χ0n) is 9.33. The van der Waals surface area contributed by atoms with Crippen LogP contribution in [0.1, 0.15) is 17.7 Å². The first-order chi connectivity index (χ1) is 7.24. The quantitative estimate of drug-likeness (QED) is 0.829. The molecule has 1 heterocycles. The molecule has 0 fully saturated rings. The third-order valence-corrected chi connectivity index (χ3v) is 2.81. The van der Waals surface area contributed by atoms with E-state index in [0.717, 1.165) is 18.5 Å². The Bertz CT molecular complexity index is 471. The van der Waals surface area contributed by atoms with Crippen LogP contribution < -0.4 is 5.73 Å². The van der Waals surface area contributed by atoms with Crippen molar-refractivity contribution in [2.24, 2.45) is 5.73 Å². The van der Waals surface area contributed by atoms with E-state index in [1.807, 2.05) is 0 Å². The van der Waals surface area contributed by atoms with E-state index in [2.05, 4.69) is 41.8 Å². The molecule has 0 atom stereocenters. The lowest BCUT2D eigenvalue weighted by Gasteiger charge is -2.01. The number of hydrogen-bond donors (Lipinski definition) is 1. The molecule has 0 saturated heterocycles. The van der Waals surface area contributed by atoms with Crippen molar-refractivity contribution in [2.45, 2.75) is 26.8 Å². The number of nitrogens with zero attached hydrogens (tertiary/aromatic N) is 2. The molecule has 0 aliphatic heterocycles. The standard InChI is InChI=1S/C12H17N3/c1-9-5-3-6-11-10(2)15(8-4-7-13)14-12(9)11/h3,5-6H,4,7-8,13H2,1-2H3. The summed E-state index contributed by atoms with van der Waals surface area (Å²) in [5.41, 5.74) is 9.10. The molecule has 0 unspecified atom stereocenters. The van der Waals surface area contributed by atoms with Gasteiger partial charge in [0.05, 0.1) is 5.52 Å². The first kappa shape index (κ1) is 10.2. The fourth-order valence-electron chi connectivity index (χ4n) is 1.88. The van der Waals surface area contributed by atoms with E-state index in [4.69, 9.17) is 5.73 Å². The molecule has 80 valence electrons. The van der Waals surface area contributed by atoms with Gasteiger partial charge in [-0.15, -0.1) is 0 Å². The Kier molecular flexibility index (Phi) is 2.73. The first-order valence-electron chi connectivity index (χ1n) is 5.37. The lowest BCUT2D eigenvalue weighted by atomic mass is 10.1. The second-order valence-corrected chi connectivity index (χ2v) is 3.92. The maximum atomic E-state index is 5.51. The van der Waals surface area contributed by atoms with Gasteiger partial charge < -0.3 is 5.73 Å².